The van der Waals surface area contributed by atoms with Crippen LogP contribution in [0.25, 0.3) is 128 Å². The maximum absolute atomic E-state index is 5.32. The monoisotopic (exact) mass is 930 g/mol. The molecule has 0 atom stereocenters. The van der Waals surface area contributed by atoms with E-state index >= 15 is 0 Å². The second-order valence-electron chi connectivity index (χ2n) is 18.3. The van der Waals surface area contributed by atoms with Crippen molar-refractivity contribution in [3.05, 3.63) is 279 Å². The van der Waals surface area contributed by atoms with Crippen LogP contribution >= 0.6 is 0 Å². The minimum atomic E-state index is 0.589. The van der Waals surface area contributed by atoms with Crippen LogP contribution < -0.4 is 0 Å². The van der Waals surface area contributed by atoms with E-state index < -0.39 is 0 Å². The van der Waals surface area contributed by atoms with Crippen LogP contribution in [0.15, 0.2) is 279 Å². The van der Waals surface area contributed by atoms with Gasteiger partial charge in [-0.2, -0.15) is 0 Å². The molecule has 0 saturated heterocycles. The molecule has 342 valence electrons. The van der Waals surface area contributed by atoms with Gasteiger partial charge in [0.2, 0.25) is 0 Å². The summed E-state index contributed by atoms with van der Waals surface area (Å²) in [6.45, 7) is 0. The van der Waals surface area contributed by atoms with E-state index in [4.69, 9.17) is 15.0 Å². The van der Waals surface area contributed by atoms with Gasteiger partial charge in [0.05, 0.1) is 16.7 Å². The molecule has 0 amide bonds. The Hall–Kier alpha value is -9.77. The highest BCUT2D eigenvalue weighted by Crippen LogP contribution is 2.50. The standard InChI is InChI=1S/C69H46N4/c1-9-25-47(26-10-1)55-41-58(49-29-13-3-14-30-49)65-62(43-55)63-44-56(48-27-11-2-12-28-48)42-59(50-31-15-4-16-32-50)66(63)73(65)64-60(51-33-17-5-18-34-51)45-57(46-61(64)52-35-19-6-20-36-52)69-71-67(53-37-21-7-22-38-53)70-68(72-69)54-39-23-8-24-40-54/h1-46H. The predicted octanol–water partition coefficient (Wildman–Crippen LogP) is 18.0. The molecule has 11 aromatic carbocycles. The van der Waals surface area contributed by atoms with Crippen LogP contribution in [-0.4, -0.2) is 19.5 Å². The van der Waals surface area contributed by atoms with Crippen molar-refractivity contribution in [2.45, 2.75) is 0 Å². The molecule has 0 spiro atoms. The number of benzene rings is 11. The molecule has 73 heavy (non-hydrogen) atoms. The Morgan fingerprint density at radius 2 is 0.452 bits per heavy atom. The first-order valence-corrected chi connectivity index (χ1v) is 24.8. The summed E-state index contributed by atoms with van der Waals surface area (Å²) in [5.41, 5.74) is 19.3. The van der Waals surface area contributed by atoms with Gasteiger partial charge < -0.3 is 4.57 Å². The van der Waals surface area contributed by atoms with Crippen LogP contribution in [0.5, 0.6) is 0 Å². The lowest BCUT2D eigenvalue weighted by atomic mass is 9.91. The summed E-state index contributed by atoms with van der Waals surface area (Å²) < 4.78 is 2.59. The van der Waals surface area contributed by atoms with Gasteiger partial charge in [-0.25, -0.2) is 15.0 Å². The van der Waals surface area contributed by atoms with Gasteiger partial charge in [0.1, 0.15) is 0 Å². The van der Waals surface area contributed by atoms with E-state index in [2.05, 4.69) is 247 Å². The predicted molar refractivity (Wildman–Crippen MR) is 303 cm³/mol. The quantitative estimate of drug-likeness (QED) is 0.137. The number of hydrogen-bond acceptors (Lipinski definition) is 3. The molecule has 0 aliphatic heterocycles. The van der Waals surface area contributed by atoms with Crippen molar-refractivity contribution in [1.29, 1.82) is 0 Å². The zero-order valence-corrected chi connectivity index (χ0v) is 39.8. The normalized spacial score (nSPS) is 11.3. The molecule has 4 nitrogen and oxygen atoms in total. The molecular weight excluding hydrogens is 885 g/mol. The first kappa shape index (κ1) is 43.3. The van der Waals surface area contributed by atoms with Gasteiger partial charge in [-0.05, 0) is 80.9 Å². The van der Waals surface area contributed by atoms with Crippen molar-refractivity contribution >= 4 is 21.8 Å². The van der Waals surface area contributed by atoms with Gasteiger partial charge in [-0.3, -0.25) is 0 Å². The minimum absolute atomic E-state index is 0.589. The molecule has 4 heteroatoms. The number of aromatic nitrogens is 4. The maximum atomic E-state index is 5.32. The average molecular weight is 931 g/mol. The third kappa shape index (κ3) is 8.17. The van der Waals surface area contributed by atoms with Crippen molar-refractivity contribution in [1.82, 2.24) is 19.5 Å². The van der Waals surface area contributed by atoms with Crippen LogP contribution in [0, 0.1) is 0 Å². The van der Waals surface area contributed by atoms with Crippen LogP contribution in [0.4, 0.5) is 0 Å². The molecule has 2 heterocycles. The zero-order chi connectivity index (χ0) is 48.5. The van der Waals surface area contributed by atoms with Crippen LogP contribution in [0.2, 0.25) is 0 Å². The van der Waals surface area contributed by atoms with Gasteiger partial charge >= 0.3 is 0 Å². The van der Waals surface area contributed by atoms with Gasteiger partial charge in [-0.1, -0.05) is 243 Å². The second kappa shape index (κ2) is 18.9. The topological polar surface area (TPSA) is 43.6 Å². The second-order valence-corrected chi connectivity index (χ2v) is 18.3. The molecule has 13 rings (SSSR count). The summed E-state index contributed by atoms with van der Waals surface area (Å²) in [7, 11) is 0. The van der Waals surface area contributed by atoms with Gasteiger partial charge in [0.15, 0.2) is 17.5 Å². The number of nitrogens with zero attached hydrogens (tertiary/aromatic N) is 4. The van der Waals surface area contributed by atoms with Crippen molar-refractivity contribution < 1.29 is 0 Å². The van der Waals surface area contributed by atoms with E-state index in [-0.39, 0.29) is 0 Å². The van der Waals surface area contributed by atoms with E-state index in [0.717, 1.165) is 111 Å². The summed E-state index contributed by atoms with van der Waals surface area (Å²) in [5.74, 6) is 1.81. The Morgan fingerprint density at radius 3 is 0.767 bits per heavy atom. The fourth-order valence-corrected chi connectivity index (χ4v) is 10.4. The van der Waals surface area contributed by atoms with Crippen molar-refractivity contribution in [2.75, 3.05) is 0 Å². The highest BCUT2D eigenvalue weighted by molar-refractivity contribution is 6.20. The minimum Gasteiger partial charge on any atom is -0.307 e. The fraction of sp³-hybridized carbons (Fsp3) is 0. The van der Waals surface area contributed by atoms with Crippen molar-refractivity contribution in [3.63, 3.8) is 0 Å². The van der Waals surface area contributed by atoms with Gasteiger partial charge in [0.25, 0.3) is 0 Å². The molecule has 0 fully saturated rings. The molecule has 0 aliphatic carbocycles. The lowest BCUT2D eigenvalue weighted by Gasteiger charge is -2.23. The average Bonchev–Trinajstić information content (AvgIpc) is 3.81. The van der Waals surface area contributed by atoms with Crippen LogP contribution in [-0.2, 0) is 0 Å². The van der Waals surface area contributed by atoms with E-state index in [0.29, 0.717) is 17.5 Å². The smallest absolute Gasteiger partial charge is 0.164 e. The lowest BCUT2D eigenvalue weighted by Crippen LogP contribution is -2.05. The molecule has 0 aliphatic rings. The summed E-state index contributed by atoms with van der Waals surface area (Å²) in [4.78, 5) is 15.7. The highest BCUT2D eigenvalue weighted by atomic mass is 15.0. The Kier molecular flexibility index (Phi) is 11.2. The third-order valence-electron chi connectivity index (χ3n) is 13.8. The highest BCUT2D eigenvalue weighted by Gasteiger charge is 2.27. The van der Waals surface area contributed by atoms with Gasteiger partial charge in [0, 0.05) is 49.7 Å². The Balaban J connectivity index is 1.23. The first-order chi connectivity index (χ1) is 36.2. The van der Waals surface area contributed by atoms with Crippen molar-refractivity contribution in [3.8, 4) is 107 Å². The lowest BCUT2D eigenvalue weighted by molar-refractivity contribution is 1.07. The molecule has 2 aromatic heterocycles. The molecule has 0 bridgehead atoms. The number of hydrogen-bond donors (Lipinski definition) is 0. The van der Waals surface area contributed by atoms with E-state index in [1.165, 1.54) is 0 Å². The summed E-state index contributed by atoms with van der Waals surface area (Å²) in [6, 6.07) is 99.5. The van der Waals surface area contributed by atoms with Crippen LogP contribution in [0.3, 0.4) is 0 Å². The molecular formula is C69H46N4. The molecule has 0 radical (unpaired) electrons. The largest absolute Gasteiger partial charge is 0.307 e. The zero-order valence-electron chi connectivity index (χ0n) is 39.8. The SMILES string of the molecule is c1ccc(-c2cc(-c3ccccc3)c3c(c2)c2cc(-c4ccccc4)cc(-c4ccccc4)c2n3-c2c(-c3ccccc3)cc(-c3nc(-c4ccccc4)nc(-c4ccccc4)n3)cc2-c2ccccc2)cc1. The summed E-state index contributed by atoms with van der Waals surface area (Å²) in [6.07, 6.45) is 0. The van der Waals surface area contributed by atoms with Gasteiger partial charge in [-0.15, -0.1) is 0 Å². The molecule has 0 N–H and O–H groups in total. The van der Waals surface area contributed by atoms with E-state index in [1.807, 2.05) is 36.4 Å². The van der Waals surface area contributed by atoms with Crippen molar-refractivity contribution in [2.24, 2.45) is 0 Å². The Bertz CT molecular complexity index is 3810. The Morgan fingerprint density at radius 1 is 0.205 bits per heavy atom. The summed E-state index contributed by atoms with van der Waals surface area (Å²) >= 11 is 0. The third-order valence-corrected chi connectivity index (χ3v) is 13.8. The Labute approximate surface area is 424 Å². The number of fused-ring (bicyclic) bond motifs is 3. The number of rotatable bonds is 10. The first-order valence-electron chi connectivity index (χ1n) is 24.8. The maximum Gasteiger partial charge on any atom is 0.164 e. The van der Waals surface area contributed by atoms with Crippen LogP contribution in [0.1, 0.15) is 0 Å². The van der Waals surface area contributed by atoms with E-state index in [1.54, 1.807) is 0 Å². The molecule has 0 unspecified atom stereocenters. The molecule has 0 saturated carbocycles. The summed E-state index contributed by atoms with van der Waals surface area (Å²) in [5, 5.41) is 2.31. The fourth-order valence-electron chi connectivity index (χ4n) is 10.4. The van der Waals surface area contributed by atoms with E-state index in [9.17, 15) is 0 Å². The molecule has 13 aromatic rings.